The molecule has 0 bridgehead atoms. The Morgan fingerprint density at radius 2 is 1.57 bits per heavy atom. The fourth-order valence-corrected chi connectivity index (χ4v) is 0.776. The van der Waals surface area contributed by atoms with Crippen molar-refractivity contribution in [2.75, 3.05) is 0 Å². The molecule has 79 valence electrons. The normalized spacial score (nSPS) is 6.79. The first-order chi connectivity index (χ1) is 5.63. The maximum atomic E-state index is 5.33. The maximum Gasteiger partial charge on any atom is 3.00 e. The molecule has 0 heterocycles. The second-order valence-corrected chi connectivity index (χ2v) is 2.93. The summed E-state index contributed by atoms with van der Waals surface area (Å²) < 4.78 is 0. The van der Waals surface area contributed by atoms with Crippen LogP contribution in [0.2, 0.25) is 0 Å². The molecule has 0 unspecified atom stereocenters. The summed E-state index contributed by atoms with van der Waals surface area (Å²) in [6.07, 6.45) is 1.94. The van der Waals surface area contributed by atoms with E-state index in [9.17, 15) is 0 Å². The minimum atomic E-state index is 0. The first-order valence-corrected chi connectivity index (χ1v) is 4.03. The van der Waals surface area contributed by atoms with Crippen LogP contribution in [0, 0.1) is 14.0 Å². The maximum absolute atomic E-state index is 5.33. The zero-order valence-electron chi connectivity index (χ0n) is 9.40. The Morgan fingerprint density at radius 3 is 1.64 bits per heavy atom. The van der Waals surface area contributed by atoms with E-state index in [1.165, 1.54) is 5.57 Å². The number of hydrogen-bond acceptors (Lipinski definition) is 0. The van der Waals surface area contributed by atoms with Gasteiger partial charge in [-0.1, -0.05) is 20.8 Å². The molecular weight excluding hydrogens is 257 g/mol. The van der Waals surface area contributed by atoms with E-state index in [1.807, 2.05) is 57.2 Å². The van der Waals surface area contributed by atoms with Gasteiger partial charge in [0.15, 0.2) is 0 Å². The predicted molar refractivity (Wildman–Crippen MR) is 61.4 cm³/mol. The van der Waals surface area contributed by atoms with E-state index in [0.717, 1.165) is 5.57 Å². The Balaban J connectivity index is -0.000000155. The largest absolute Gasteiger partial charge is 3.00 e. The molecule has 0 atom stereocenters. The standard InChI is InChI=1S/C7H11.C5H5.CH3.Ru/c1-6(2)5-7(3)4;1-2-4-5-3-1;;/h1,5H,2-4H3;1-5H;1H3;/q3*-1;+3. The Bertz CT molecular complexity index is 209. The van der Waals surface area contributed by atoms with Crippen molar-refractivity contribution in [3.8, 4) is 0 Å². The molecule has 0 aliphatic carbocycles. The van der Waals surface area contributed by atoms with Crippen molar-refractivity contribution in [3.05, 3.63) is 61.6 Å². The van der Waals surface area contributed by atoms with Crippen molar-refractivity contribution >= 4 is 0 Å². The smallest absolute Gasteiger partial charge is 0.358 e. The van der Waals surface area contributed by atoms with Gasteiger partial charge in [0, 0.05) is 0 Å². The van der Waals surface area contributed by atoms with E-state index in [-0.39, 0.29) is 26.9 Å². The fourth-order valence-electron chi connectivity index (χ4n) is 0.776. The van der Waals surface area contributed by atoms with Crippen LogP contribution in [-0.4, -0.2) is 0 Å². The third kappa shape index (κ3) is 17.5. The van der Waals surface area contributed by atoms with Crippen molar-refractivity contribution < 1.29 is 19.5 Å². The van der Waals surface area contributed by atoms with Crippen molar-refractivity contribution in [3.63, 3.8) is 0 Å². The second-order valence-electron chi connectivity index (χ2n) is 2.93. The van der Waals surface area contributed by atoms with Crippen molar-refractivity contribution in [1.29, 1.82) is 0 Å². The SMILES string of the molecule is [CH-]=C(C)C=C(C)C.[CH3-].[Ru+3].c1cc[cH-]c1. The van der Waals surface area contributed by atoms with Crippen molar-refractivity contribution in [2.45, 2.75) is 20.8 Å². The minimum absolute atomic E-state index is 0. The first kappa shape index (κ1) is 19.1. The van der Waals surface area contributed by atoms with Gasteiger partial charge in [-0.25, -0.2) is 23.8 Å². The van der Waals surface area contributed by atoms with E-state index in [2.05, 4.69) is 0 Å². The van der Waals surface area contributed by atoms with Gasteiger partial charge in [-0.2, -0.15) is 23.8 Å². The summed E-state index contributed by atoms with van der Waals surface area (Å²) in [5, 5.41) is 0. The third-order valence-corrected chi connectivity index (χ3v) is 1.07. The van der Waals surface area contributed by atoms with Gasteiger partial charge < -0.3 is 7.43 Å². The number of allylic oxidation sites excluding steroid dienone is 3. The second kappa shape index (κ2) is 12.5. The van der Waals surface area contributed by atoms with Crippen LogP contribution in [-0.2, 0) is 19.5 Å². The molecule has 0 nitrogen and oxygen atoms in total. The van der Waals surface area contributed by atoms with Gasteiger partial charge in [0.2, 0.25) is 0 Å². The Labute approximate surface area is 102 Å². The Hall–Kier alpha value is -0.547. The summed E-state index contributed by atoms with van der Waals surface area (Å²) in [6.45, 7) is 11.3. The molecule has 1 radical (unpaired) electrons. The molecule has 0 N–H and O–H groups in total. The topological polar surface area (TPSA) is 0 Å². The third-order valence-electron chi connectivity index (χ3n) is 1.07. The summed E-state index contributed by atoms with van der Waals surface area (Å²) in [6, 6.07) is 10.0. The van der Waals surface area contributed by atoms with Crippen LogP contribution >= 0.6 is 0 Å². The summed E-state index contributed by atoms with van der Waals surface area (Å²) >= 11 is 0. The van der Waals surface area contributed by atoms with E-state index in [0.29, 0.717) is 0 Å². The fraction of sp³-hybridized carbons (Fsp3) is 0.231. The molecule has 1 aromatic rings. The Kier molecular flexibility index (Phi) is 17.0. The molecule has 0 saturated heterocycles. The average Bonchev–Trinajstić information content (AvgIpc) is 2.36. The molecule has 0 aliphatic rings. The minimum Gasteiger partial charge on any atom is -0.358 e. The van der Waals surface area contributed by atoms with Crippen LogP contribution < -0.4 is 0 Å². The molecule has 0 amide bonds. The molecule has 0 spiro atoms. The number of hydrogen-bond donors (Lipinski definition) is 0. The van der Waals surface area contributed by atoms with E-state index in [1.54, 1.807) is 0 Å². The molecule has 14 heavy (non-hydrogen) atoms. The van der Waals surface area contributed by atoms with Gasteiger partial charge in [0.05, 0.1) is 0 Å². The van der Waals surface area contributed by atoms with Gasteiger partial charge in [-0.05, 0) is 0 Å². The van der Waals surface area contributed by atoms with Crippen LogP contribution in [0.25, 0.3) is 0 Å². The van der Waals surface area contributed by atoms with Gasteiger partial charge in [0.25, 0.3) is 0 Å². The zero-order valence-corrected chi connectivity index (χ0v) is 11.1. The molecule has 0 saturated carbocycles. The van der Waals surface area contributed by atoms with Gasteiger partial charge in [-0.3, -0.25) is 6.58 Å². The zero-order chi connectivity index (χ0) is 9.40. The van der Waals surface area contributed by atoms with Crippen LogP contribution in [0.15, 0.2) is 47.6 Å². The van der Waals surface area contributed by atoms with Crippen molar-refractivity contribution in [1.82, 2.24) is 0 Å². The molecule has 1 rings (SSSR count). The molecular formula is C13H19Ru. The molecule has 1 aromatic carbocycles. The van der Waals surface area contributed by atoms with Gasteiger partial charge in [-0.15, -0.1) is 0 Å². The summed E-state index contributed by atoms with van der Waals surface area (Å²) in [4.78, 5) is 0. The van der Waals surface area contributed by atoms with Crippen LogP contribution in [0.3, 0.4) is 0 Å². The molecule has 0 aliphatic heterocycles. The van der Waals surface area contributed by atoms with Crippen molar-refractivity contribution in [2.24, 2.45) is 0 Å². The van der Waals surface area contributed by atoms with Crippen LogP contribution in [0.4, 0.5) is 0 Å². The van der Waals surface area contributed by atoms with E-state index in [4.69, 9.17) is 6.58 Å². The summed E-state index contributed by atoms with van der Waals surface area (Å²) in [7, 11) is 0. The average molecular weight is 276 g/mol. The van der Waals surface area contributed by atoms with Gasteiger partial charge in [0.1, 0.15) is 0 Å². The van der Waals surface area contributed by atoms with Crippen LogP contribution in [0.1, 0.15) is 20.8 Å². The van der Waals surface area contributed by atoms with Crippen LogP contribution in [0.5, 0.6) is 0 Å². The monoisotopic (exact) mass is 277 g/mol. The predicted octanol–water partition coefficient (Wildman–Crippen LogP) is 4.19. The summed E-state index contributed by atoms with van der Waals surface area (Å²) in [5.74, 6) is 0. The van der Waals surface area contributed by atoms with E-state index < -0.39 is 0 Å². The van der Waals surface area contributed by atoms with Gasteiger partial charge >= 0.3 is 19.5 Å². The molecule has 1 heteroatoms. The first-order valence-electron chi connectivity index (χ1n) is 4.03. The number of rotatable bonds is 1. The quantitative estimate of drug-likeness (QED) is 0.410. The molecule has 0 aromatic heterocycles. The van der Waals surface area contributed by atoms with E-state index >= 15 is 0 Å². The molecule has 0 fully saturated rings. The Morgan fingerprint density at radius 1 is 1.14 bits per heavy atom. The summed E-state index contributed by atoms with van der Waals surface area (Å²) in [5.41, 5.74) is 2.13.